The van der Waals surface area contributed by atoms with Gasteiger partial charge in [0.25, 0.3) is 0 Å². The summed E-state index contributed by atoms with van der Waals surface area (Å²) in [6.07, 6.45) is 2.68. The van der Waals surface area contributed by atoms with Gasteiger partial charge in [-0.2, -0.15) is 0 Å². The SMILES string of the molecule is CC(C)(CCc1ncc(-c2ccc(NC(=O)Nc3ccc(F)cc3F)cc2)s1)C(=O)[O-].[Na+]. The molecule has 0 spiro atoms. The summed E-state index contributed by atoms with van der Waals surface area (Å²) >= 11 is 1.47. The van der Waals surface area contributed by atoms with E-state index in [1.54, 1.807) is 44.3 Å². The maximum absolute atomic E-state index is 13.6. The van der Waals surface area contributed by atoms with Crippen molar-refractivity contribution in [2.45, 2.75) is 26.7 Å². The van der Waals surface area contributed by atoms with Crippen LogP contribution in [0.3, 0.4) is 0 Å². The largest absolute Gasteiger partial charge is 1.00 e. The van der Waals surface area contributed by atoms with E-state index < -0.39 is 29.0 Å². The van der Waals surface area contributed by atoms with E-state index in [9.17, 15) is 23.5 Å². The van der Waals surface area contributed by atoms with E-state index in [2.05, 4.69) is 15.6 Å². The molecule has 2 aromatic carbocycles. The first kappa shape index (κ1) is 25.9. The van der Waals surface area contributed by atoms with Crippen LogP contribution < -0.4 is 45.3 Å². The number of hydrogen-bond donors (Lipinski definition) is 2. The fourth-order valence-electron chi connectivity index (χ4n) is 2.67. The number of urea groups is 1. The van der Waals surface area contributed by atoms with Crippen LogP contribution in [0.25, 0.3) is 10.4 Å². The van der Waals surface area contributed by atoms with Crippen LogP contribution in [0.2, 0.25) is 0 Å². The molecule has 0 aliphatic heterocycles. The number of hydrogen-bond acceptors (Lipinski definition) is 5. The molecule has 162 valence electrons. The zero-order valence-electron chi connectivity index (χ0n) is 17.9. The molecule has 0 saturated carbocycles. The predicted octanol–water partition coefficient (Wildman–Crippen LogP) is 1.44. The van der Waals surface area contributed by atoms with Crippen LogP contribution in [-0.4, -0.2) is 17.0 Å². The molecule has 0 fully saturated rings. The number of aliphatic carboxylic acids is 1. The second-order valence-corrected chi connectivity index (χ2v) is 8.69. The van der Waals surface area contributed by atoms with Crippen molar-refractivity contribution < 1.29 is 53.0 Å². The molecule has 2 amide bonds. The Hall–Kier alpha value is -2.33. The molecule has 0 aliphatic carbocycles. The number of benzene rings is 2. The van der Waals surface area contributed by atoms with E-state index in [0.717, 1.165) is 27.6 Å². The summed E-state index contributed by atoms with van der Waals surface area (Å²) in [6, 6.07) is 9.21. The quantitative estimate of drug-likeness (QED) is 0.515. The van der Waals surface area contributed by atoms with Crippen molar-refractivity contribution in [2.75, 3.05) is 10.6 Å². The Labute approximate surface area is 210 Å². The summed E-state index contributed by atoms with van der Waals surface area (Å²) in [5.41, 5.74) is 0.327. The van der Waals surface area contributed by atoms with Crippen LogP contribution in [0, 0.1) is 17.0 Å². The minimum atomic E-state index is -1.08. The Balaban J connectivity index is 0.00000363. The Bertz CT molecular complexity index is 1100. The fourth-order valence-corrected chi connectivity index (χ4v) is 3.60. The smallest absolute Gasteiger partial charge is 0.550 e. The number of aryl methyl sites for hydroxylation is 1. The summed E-state index contributed by atoms with van der Waals surface area (Å²) in [4.78, 5) is 28.4. The molecule has 3 aromatic rings. The molecule has 10 heteroatoms. The number of carboxylic acids is 1. The van der Waals surface area contributed by atoms with Crippen molar-refractivity contribution in [3.8, 4) is 10.4 Å². The number of carbonyl (C=O) groups excluding carboxylic acids is 2. The normalized spacial score (nSPS) is 10.9. The van der Waals surface area contributed by atoms with Crippen LogP contribution >= 0.6 is 11.3 Å². The Kier molecular flexibility index (Phi) is 8.91. The van der Waals surface area contributed by atoms with Crippen molar-refractivity contribution in [1.29, 1.82) is 0 Å². The number of rotatable bonds is 7. The van der Waals surface area contributed by atoms with E-state index in [0.29, 0.717) is 24.6 Å². The van der Waals surface area contributed by atoms with Gasteiger partial charge in [0.05, 0.1) is 15.6 Å². The summed E-state index contributed by atoms with van der Waals surface area (Å²) in [5.74, 6) is -2.68. The zero-order chi connectivity index (χ0) is 22.6. The number of carboxylic acid groups (broad SMARTS) is 1. The third kappa shape index (κ3) is 6.83. The Morgan fingerprint density at radius 2 is 1.78 bits per heavy atom. The monoisotopic (exact) mass is 467 g/mol. The molecule has 0 unspecified atom stereocenters. The summed E-state index contributed by atoms with van der Waals surface area (Å²) in [6.45, 7) is 3.26. The van der Waals surface area contributed by atoms with E-state index >= 15 is 0 Å². The van der Waals surface area contributed by atoms with Crippen molar-refractivity contribution in [3.63, 3.8) is 0 Å². The molecule has 32 heavy (non-hydrogen) atoms. The first-order valence-electron chi connectivity index (χ1n) is 9.44. The third-order valence-electron chi connectivity index (χ3n) is 4.68. The molecule has 0 atom stereocenters. The maximum atomic E-state index is 13.6. The average molecular weight is 467 g/mol. The van der Waals surface area contributed by atoms with Gasteiger partial charge in [-0.1, -0.05) is 26.0 Å². The zero-order valence-corrected chi connectivity index (χ0v) is 20.7. The summed E-state index contributed by atoms with van der Waals surface area (Å²) in [5, 5.41) is 16.8. The van der Waals surface area contributed by atoms with Crippen LogP contribution in [0.5, 0.6) is 0 Å². The second kappa shape index (κ2) is 11.0. The minimum absolute atomic E-state index is 0. The summed E-state index contributed by atoms with van der Waals surface area (Å²) < 4.78 is 26.6. The molecule has 0 saturated heterocycles. The molecule has 0 bridgehead atoms. The van der Waals surface area contributed by atoms with Crippen LogP contribution in [-0.2, 0) is 11.2 Å². The number of nitrogens with zero attached hydrogens (tertiary/aromatic N) is 1. The van der Waals surface area contributed by atoms with Crippen molar-refractivity contribution >= 4 is 34.7 Å². The van der Waals surface area contributed by atoms with E-state index in [1.807, 2.05) is 0 Å². The van der Waals surface area contributed by atoms with Gasteiger partial charge >= 0.3 is 35.6 Å². The van der Waals surface area contributed by atoms with Gasteiger partial charge in [0, 0.05) is 35.8 Å². The topological polar surface area (TPSA) is 94.2 Å². The standard InChI is InChI=1S/C22H21F2N3O3S.Na/c1-22(2,20(28)29)10-9-19-25-12-18(31-19)13-3-6-15(7-4-13)26-21(30)27-17-8-5-14(23)11-16(17)24;/h3-8,11-12H,9-10H2,1-2H3,(H,28,29)(H2,26,27,30);/q;+1/p-1. The number of amides is 2. The molecule has 1 aromatic heterocycles. The molecular formula is C22H20F2N3NaO3S. The minimum Gasteiger partial charge on any atom is -0.550 e. The molecule has 0 radical (unpaired) electrons. The van der Waals surface area contributed by atoms with Crippen molar-refractivity contribution in [3.05, 3.63) is 65.3 Å². The van der Waals surface area contributed by atoms with Crippen LogP contribution in [0.15, 0.2) is 48.7 Å². The maximum Gasteiger partial charge on any atom is 1.00 e. The third-order valence-corrected chi connectivity index (χ3v) is 5.78. The van der Waals surface area contributed by atoms with E-state index in [4.69, 9.17) is 0 Å². The molecule has 2 N–H and O–H groups in total. The number of thiazole rings is 1. The number of aromatic nitrogens is 1. The van der Waals surface area contributed by atoms with Gasteiger partial charge < -0.3 is 20.5 Å². The Morgan fingerprint density at radius 1 is 1.09 bits per heavy atom. The van der Waals surface area contributed by atoms with Crippen LogP contribution in [0.1, 0.15) is 25.3 Å². The molecule has 0 aliphatic rings. The fraction of sp³-hybridized carbons (Fsp3) is 0.227. The Morgan fingerprint density at radius 3 is 2.41 bits per heavy atom. The first-order chi connectivity index (χ1) is 14.6. The number of nitrogens with one attached hydrogen (secondary N) is 2. The number of halogens is 2. The molecule has 6 nitrogen and oxygen atoms in total. The van der Waals surface area contributed by atoms with Gasteiger partial charge in [-0.3, -0.25) is 0 Å². The van der Waals surface area contributed by atoms with E-state index in [-0.39, 0.29) is 35.2 Å². The summed E-state index contributed by atoms with van der Waals surface area (Å²) in [7, 11) is 0. The van der Waals surface area contributed by atoms with Gasteiger partial charge in [0.1, 0.15) is 11.6 Å². The molecule has 1 heterocycles. The van der Waals surface area contributed by atoms with Gasteiger partial charge in [-0.15, -0.1) is 11.3 Å². The van der Waals surface area contributed by atoms with Gasteiger partial charge in [0.15, 0.2) is 0 Å². The molecule has 3 rings (SSSR count). The van der Waals surface area contributed by atoms with Crippen molar-refractivity contribution in [2.24, 2.45) is 5.41 Å². The second-order valence-electron chi connectivity index (χ2n) is 7.57. The van der Waals surface area contributed by atoms with Crippen molar-refractivity contribution in [1.82, 2.24) is 4.98 Å². The average Bonchev–Trinajstić information content (AvgIpc) is 3.18. The van der Waals surface area contributed by atoms with Gasteiger partial charge in [-0.05, 0) is 36.2 Å². The van der Waals surface area contributed by atoms with Crippen LogP contribution in [0.4, 0.5) is 25.0 Å². The number of carbonyl (C=O) groups is 2. The molecular weight excluding hydrogens is 447 g/mol. The van der Waals surface area contributed by atoms with Gasteiger partial charge in [0.2, 0.25) is 0 Å². The number of anilines is 2. The van der Waals surface area contributed by atoms with Gasteiger partial charge in [-0.25, -0.2) is 18.6 Å². The van der Waals surface area contributed by atoms with E-state index in [1.165, 1.54) is 11.3 Å². The predicted molar refractivity (Wildman–Crippen MR) is 114 cm³/mol. The first-order valence-corrected chi connectivity index (χ1v) is 10.3.